The van der Waals surface area contributed by atoms with Crippen molar-refractivity contribution < 1.29 is 4.79 Å². The van der Waals surface area contributed by atoms with Crippen molar-refractivity contribution in [2.24, 2.45) is 0 Å². The fourth-order valence-corrected chi connectivity index (χ4v) is 3.27. The molecule has 0 fully saturated rings. The van der Waals surface area contributed by atoms with Gasteiger partial charge in [-0.05, 0) is 18.4 Å². The van der Waals surface area contributed by atoms with Crippen LogP contribution in [0.4, 0.5) is 0 Å². The predicted molar refractivity (Wildman–Crippen MR) is 81.6 cm³/mol. The Labute approximate surface area is 121 Å². The second-order valence-electron chi connectivity index (χ2n) is 5.08. The van der Waals surface area contributed by atoms with Crippen molar-refractivity contribution >= 4 is 22.1 Å². The number of benzene rings is 1. The molecule has 0 bridgehead atoms. The smallest absolute Gasteiger partial charge is 0.194 e. The first-order valence-corrected chi connectivity index (χ1v) is 7.54. The Kier molecular flexibility index (Phi) is 3.40. The first-order chi connectivity index (χ1) is 9.66. The molecule has 0 aliphatic rings. The van der Waals surface area contributed by atoms with E-state index in [-0.39, 0.29) is 11.7 Å². The van der Waals surface area contributed by atoms with Gasteiger partial charge in [0.1, 0.15) is 5.69 Å². The Morgan fingerprint density at radius 3 is 2.85 bits per heavy atom. The number of rotatable bonds is 4. The minimum Gasteiger partial charge on any atom is -0.292 e. The zero-order valence-corrected chi connectivity index (χ0v) is 12.4. The molecule has 0 radical (unpaired) electrons. The van der Waals surface area contributed by atoms with E-state index < -0.39 is 0 Å². The average molecular weight is 284 g/mol. The Morgan fingerprint density at radius 2 is 2.10 bits per heavy atom. The number of carbonyl (C=O) groups excluding carboxylic acids is 1. The Morgan fingerprint density at radius 1 is 1.35 bits per heavy atom. The Hall–Kier alpha value is -1.94. The van der Waals surface area contributed by atoms with Gasteiger partial charge in [0.25, 0.3) is 0 Å². The molecule has 3 nitrogen and oxygen atoms in total. The second-order valence-corrected chi connectivity index (χ2v) is 5.91. The van der Waals surface area contributed by atoms with Gasteiger partial charge in [0, 0.05) is 17.5 Å². The summed E-state index contributed by atoms with van der Waals surface area (Å²) in [5.41, 5.74) is 2.96. The summed E-state index contributed by atoms with van der Waals surface area (Å²) < 4.78 is 1.95. The van der Waals surface area contributed by atoms with Crippen LogP contribution >= 0.6 is 11.3 Å². The molecule has 2 aromatic heterocycles. The number of Topliss-reactive ketones (excluding diaryl/α,β-unsaturated/α-hetero) is 1. The fourth-order valence-electron chi connectivity index (χ4n) is 2.43. The molecule has 0 aliphatic heterocycles. The number of carbonyl (C=O) groups is 1. The molecule has 0 spiro atoms. The fraction of sp³-hybridized carbons (Fsp3) is 0.250. The summed E-state index contributed by atoms with van der Waals surface area (Å²) in [4.78, 5) is 17.7. The molecule has 2 heterocycles. The van der Waals surface area contributed by atoms with Crippen LogP contribution in [0.15, 0.2) is 41.9 Å². The lowest BCUT2D eigenvalue weighted by molar-refractivity contribution is 0.0970. The van der Waals surface area contributed by atoms with E-state index in [0.29, 0.717) is 12.1 Å². The molecule has 3 aromatic rings. The van der Waals surface area contributed by atoms with Gasteiger partial charge in [-0.1, -0.05) is 37.3 Å². The van der Waals surface area contributed by atoms with Gasteiger partial charge in [-0.3, -0.25) is 9.20 Å². The van der Waals surface area contributed by atoms with Gasteiger partial charge < -0.3 is 0 Å². The van der Waals surface area contributed by atoms with Crippen LogP contribution in [0.2, 0.25) is 0 Å². The molecule has 0 aliphatic carbocycles. The maximum Gasteiger partial charge on any atom is 0.194 e. The van der Waals surface area contributed by atoms with Gasteiger partial charge in [-0.15, -0.1) is 11.3 Å². The van der Waals surface area contributed by atoms with Crippen LogP contribution < -0.4 is 0 Å². The predicted octanol–water partition coefficient (Wildman–Crippen LogP) is 4.08. The van der Waals surface area contributed by atoms with Gasteiger partial charge in [0.05, 0.1) is 6.20 Å². The summed E-state index contributed by atoms with van der Waals surface area (Å²) in [5.74, 6) is 0.364. The molecule has 102 valence electrons. The van der Waals surface area contributed by atoms with Crippen LogP contribution in [0, 0.1) is 6.92 Å². The monoisotopic (exact) mass is 284 g/mol. The summed E-state index contributed by atoms with van der Waals surface area (Å²) in [7, 11) is 0. The summed E-state index contributed by atoms with van der Waals surface area (Å²) in [6.45, 7) is 4.09. The van der Waals surface area contributed by atoms with E-state index in [0.717, 1.165) is 10.7 Å². The molecule has 0 N–H and O–H groups in total. The highest BCUT2D eigenvalue weighted by Gasteiger charge is 2.18. The number of hydrogen-bond acceptors (Lipinski definition) is 3. The first-order valence-electron chi connectivity index (χ1n) is 6.66. The molecular weight excluding hydrogens is 268 g/mol. The number of fused-ring (bicyclic) bond motifs is 1. The van der Waals surface area contributed by atoms with E-state index in [1.165, 1.54) is 5.56 Å². The van der Waals surface area contributed by atoms with Gasteiger partial charge in [0.2, 0.25) is 0 Å². The third-order valence-electron chi connectivity index (χ3n) is 3.56. The molecule has 0 saturated carbocycles. The van der Waals surface area contributed by atoms with Crippen molar-refractivity contribution in [1.82, 2.24) is 9.38 Å². The lowest BCUT2D eigenvalue weighted by Crippen LogP contribution is -2.08. The van der Waals surface area contributed by atoms with Gasteiger partial charge in [0.15, 0.2) is 10.7 Å². The number of hydrogen-bond donors (Lipinski definition) is 0. The third-order valence-corrected chi connectivity index (χ3v) is 4.52. The highest BCUT2D eigenvalue weighted by molar-refractivity contribution is 7.15. The maximum absolute atomic E-state index is 12.5. The SMILES string of the molecule is Cc1csc2ncc(C(=O)CC(C)c3ccccc3)n12. The van der Waals surface area contributed by atoms with Crippen molar-refractivity contribution in [3.63, 3.8) is 0 Å². The zero-order valence-electron chi connectivity index (χ0n) is 11.5. The average Bonchev–Trinajstić information content (AvgIpc) is 3.03. The van der Waals surface area contributed by atoms with Crippen LogP contribution in [0.5, 0.6) is 0 Å². The van der Waals surface area contributed by atoms with Crippen molar-refractivity contribution in [3.8, 4) is 0 Å². The molecule has 0 saturated heterocycles. The second kappa shape index (κ2) is 5.21. The maximum atomic E-state index is 12.5. The van der Waals surface area contributed by atoms with Crippen molar-refractivity contribution in [2.75, 3.05) is 0 Å². The number of aryl methyl sites for hydroxylation is 1. The molecule has 0 amide bonds. The standard InChI is InChI=1S/C16H16N2OS/c1-11(13-6-4-3-5-7-13)8-15(19)14-9-17-16-18(14)12(2)10-20-16/h3-7,9-11H,8H2,1-2H3. The molecule has 4 heteroatoms. The molecule has 1 aromatic carbocycles. The molecule has 20 heavy (non-hydrogen) atoms. The number of thiazole rings is 1. The minimum atomic E-state index is 0.148. The van der Waals surface area contributed by atoms with Crippen molar-refractivity contribution in [3.05, 3.63) is 58.9 Å². The summed E-state index contributed by atoms with van der Waals surface area (Å²) in [6.07, 6.45) is 2.20. The normalized spacial score (nSPS) is 12.7. The van der Waals surface area contributed by atoms with E-state index in [2.05, 4.69) is 24.0 Å². The quantitative estimate of drug-likeness (QED) is 0.676. The van der Waals surface area contributed by atoms with Crippen LogP contribution in [-0.4, -0.2) is 15.2 Å². The summed E-state index contributed by atoms with van der Waals surface area (Å²) in [6, 6.07) is 10.2. The molecule has 1 atom stereocenters. The van der Waals surface area contributed by atoms with Crippen LogP contribution in [0.1, 0.15) is 41.0 Å². The van der Waals surface area contributed by atoms with Gasteiger partial charge in [-0.25, -0.2) is 4.98 Å². The van der Waals surface area contributed by atoms with E-state index in [1.54, 1.807) is 17.5 Å². The van der Waals surface area contributed by atoms with E-state index >= 15 is 0 Å². The van der Waals surface area contributed by atoms with Crippen LogP contribution in [0.25, 0.3) is 4.96 Å². The summed E-state index contributed by atoms with van der Waals surface area (Å²) >= 11 is 1.57. The van der Waals surface area contributed by atoms with Crippen molar-refractivity contribution in [2.45, 2.75) is 26.2 Å². The number of nitrogens with zero attached hydrogens (tertiary/aromatic N) is 2. The number of imidazole rings is 1. The van der Waals surface area contributed by atoms with E-state index in [1.807, 2.05) is 34.9 Å². The van der Waals surface area contributed by atoms with E-state index in [9.17, 15) is 4.79 Å². The molecular formula is C16H16N2OS. The third kappa shape index (κ3) is 2.27. The minimum absolute atomic E-state index is 0.148. The largest absolute Gasteiger partial charge is 0.292 e. The highest BCUT2D eigenvalue weighted by atomic mass is 32.1. The number of aromatic nitrogens is 2. The van der Waals surface area contributed by atoms with Crippen molar-refractivity contribution in [1.29, 1.82) is 0 Å². The van der Waals surface area contributed by atoms with E-state index in [4.69, 9.17) is 0 Å². The van der Waals surface area contributed by atoms with Gasteiger partial charge >= 0.3 is 0 Å². The lowest BCUT2D eigenvalue weighted by atomic mass is 9.95. The zero-order chi connectivity index (χ0) is 14.1. The van der Waals surface area contributed by atoms with Crippen LogP contribution in [-0.2, 0) is 0 Å². The highest BCUT2D eigenvalue weighted by Crippen LogP contribution is 2.23. The molecule has 1 unspecified atom stereocenters. The number of ketones is 1. The van der Waals surface area contributed by atoms with Gasteiger partial charge in [-0.2, -0.15) is 0 Å². The Balaban J connectivity index is 1.85. The Bertz CT molecular complexity index is 742. The summed E-state index contributed by atoms with van der Waals surface area (Å²) in [5, 5.41) is 2.03. The topological polar surface area (TPSA) is 34.4 Å². The molecule has 3 rings (SSSR count). The van der Waals surface area contributed by atoms with Crippen LogP contribution in [0.3, 0.4) is 0 Å². The lowest BCUT2D eigenvalue weighted by Gasteiger charge is -2.10. The first kappa shape index (κ1) is 13.1.